The first-order valence-corrected chi connectivity index (χ1v) is 5.74. The van der Waals surface area contributed by atoms with E-state index in [0.29, 0.717) is 13.1 Å². The number of alkyl halides is 1. The van der Waals surface area contributed by atoms with Crippen molar-refractivity contribution in [3.63, 3.8) is 0 Å². The van der Waals surface area contributed by atoms with Crippen LogP contribution in [0.1, 0.15) is 11.3 Å². The number of thiophene rings is 1. The van der Waals surface area contributed by atoms with Crippen molar-refractivity contribution in [1.82, 2.24) is 4.90 Å². The van der Waals surface area contributed by atoms with Gasteiger partial charge in [-0.1, -0.05) is 6.07 Å². The molecule has 2 rings (SSSR count). The van der Waals surface area contributed by atoms with E-state index in [-0.39, 0.29) is 6.42 Å². The summed E-state index contributed by atoms with van der Waals surface area (Å²) in [4.78, 5) is 14.1. The number of amides is 1. The molecule has 0 aromatic carbocycles. The van der Waals surface area contributed by atoms with Crippen LogP contribution >= 0.6 is 11.3 Å². The Labute approximate surface area is 91.7 Å². The van der Waals surface area contributed by atoms with Gasteiger partial charge in [-0.2, -0.15) is 0 Å². The van der Waals surface area contributed by atoms with Crippen LogP contribution in [0, 0.1) is 0 Å². The van der Waals surface area contributed by atoms with Crippen molar-refractivity contribution < 1.29 is 9.18 Å². The fourth-order valence-electron chi connectivity index (χ4n) is 1.92. The first-order chi connectivity index (χ1) is 7.16. The van der Waals surface area contributed by atoms with Gasteiger partial charge in [-0.3, -0.25) is 9.69 Å². The molecule has 1 aliphatic rings. The molecule has 2 atom stereocenters. The fraction of sp³-hybridized carbons (Fsp3) is 0.500. The topological polar surface area (TPSA) is 46.3 Å². The third-order valence-corrected chi connectivity index (χ3v) is 3.48. The van der Waals surface area contributed by atoms with Gasteiger partial charge in [0.1, 0.15) is 6.17 Å². The number of likely N-dealkylation sites (tertiary alicyclic amines) is 1. The van der Waals surface area contributed by atoms with Crippen molar-refractivity contribution in [2.75, 3.05) is 6.54 Å². The van der Waals surface area contributed by atoms with Gasteiger partial charge in [0, 0.05) is 24.4 Å². The Kier molecular flexibility index (Phi) is 3.02. The van der Waals surface area contributed by atoms with E-state index in [9.17, 15) is 9.18 Å². The Balaban J connectivity index is 2.04. The number of hydrogen-bond acceptors (Lipinski definition) is 3. The molecule has 1 aliphatic heterocycles. The second-order valence-electron chi connectivity index (χ2n) is 3.76. The lowest BCUT2D eigenvalue weighted by Crippen LogP contribution is -2.39. The van der Waals surface area contributed by atoms with Gasteiger partial charge in [-0.25, -0.2) is 4.39 Å². The van der Waals surface area contributed by atoms with E-state index in [1.54, 1.807) is 11.3 Å². The summed E-state index contributed by atoms with van der Waals surface area (Å²) >= 11 is 1.61. The average Bonchev–Trinajstić information content (AvgIpc) is 2.75. The molecule has 0 spiro atoms. The van der Waals surface area contributed by atoms with Crippen molar-refractivity contribution in [3.05, 3.63) is 22.4 Å². The van der Waals surface area contributed by atoms with Gasteiger partial charge in [0.15, 0.2) is 0 Å². The lowest BCUT2D eigenvalue weighted by atomic mass is 10.2. The van der Waals surface area contributed by atoms with Crippen LogP contribution in [0.3, 0.4) is 0 Å². The molecule has 0 unspecified atom stereocenters. The second-order valence-corrected chi connectivity index (χ2v) is 4.79. The minimum Gasteiger partial charge on any atom is -0.368 e. The van der Waals surface area contributed by atoms with Crippen LogP contribution in [0.15, 0.2) is 17.5 Å². The molecule has 0 saturated carbocycles. The highest BCUT2D eigenvalue weighted by molar-refractivity contribution is 7.09. The number of carbonyl (C=O) groups is 1. The molecule has 0 aliphatic carbocycles. The largest absolute Gasteiger partial charge is 0.368 e. The summed E-state index contributed by atoms with van der Waals surface area (Å²) in [5.74, 6) is -0.424. The summed E-state index contributed by atoms with van der Waals surface area (Å²) in [6, 6.07) is 3.48. The number of carbonyl (C=O) groups excluding carboxylic acids is 1. The highest BCUT2D eigenvalue weighted by Gasteiger charge is 2.35. The zero-order valence-electron chi connectivity index (χ0n) is 8.23. The summed E-state index contributed by atoms with van der Waals surface area (Å²) in [7, 11) is 0. The van der Waals surface area contributed by atoms with E-state index in [4.69, 9.17) is 5.73 Å². The quantitative estimate of drug-likeness (QED) is 0.843. The second kappa shape index (κ2) is 4.28. The van der Waals surface area contributed by atoms with Gasteiger partial charge in [0.2, 0.25) is 5.91 Å². The summed E-state index contributed by atoms with van der Waals surface area (Å²) in [5, 5.41) is 1.97. The predicted molar refractivity (Wildman–Crippen MR) is 57.2 cm³/mol. The summed E-state index contributed by atoms with van der Waals surface area (Å²) in [5.41, 5.74) is 5.24. The van der Waals surface area contributed by atoms with Gasteiger partial charge < -0.3 is 5.73 Å². The molecule has 0 radical (unpaired) electrons. The number of nitrogens with zero attached hydrogens (tertiary/aromatic N) is 1. The van der Waals surface area contributed by atoms with Crippen LogP contribution in [0.5, 0.6) is 0 Å². The van der Waals surface area contributed by atoms with Crippen molar-refractivity contribution in [3.8, 4) is 0 Å². The minimum atomic E-state index is -0.928. The number of nitrogens with two attached hydrogens (primary N) is 1. The summed E-state index contributed by atoms with van der Waals surface area (Å²) < 4.78 is 13.2. The smallest absolute Gasteiger partial charge is 0.234 e. The van der Waals surface area contributed by atoms with Crippen molar-refractivity contribution >= 4 is 17.2 Å². The molecule has 15 heavy (non-hydrogen) atoms. The first-order valence-electron chi connectivity index (χ1n) is 4.86. The summed E-state index contributed by atoms with van der Waals surface area (Å²) in [6.07, 6.45) is -0.691. The van der Waals surface area contributed by atoms with E-state index in [0.717, 1.165) is 4.88 Å². The third-order valence-electron chi connectivity index (χ3n) is 2.62. The van der Waals surface area contributed by atoms with Crippen molar-refractivity contribution in [2.24, 2.45) is 5.73 Å². The van der Waals surface area contributed by atoms with Gasteiger partial charge in [0.05, 0.1) is 6.04 Å². The molecule has 1 aromatic rings. The molecule has 1 saturated heterocycles. The highest BCUT2D eigenvalue weighted by atomic mass is 32.1. The molecule has 3 nitrogen and oxygen atoms in total. The molecule has 2 N–H and O–H groups in total. The Bertz CT molecular complexity index is 341. The zero-order valence-corrected chi connectivity index (χ0v) is 9.04. The van der Waals surface area contributed by atoms with E-state index in [1.165, 1.54) is 0 Å². The van der Waals surface area contributed by atoms with E-state index < -0.39 is 18.1 Å². The normalized spacial score (nSPS) is 27.0. The van der Waals surface area contributed by atoms with Gasteiger partial charge in [-0.15, -0.1) is 11.3 Å². The Morgan fingerprint density at radius 1 is 1.73 bits per heavy atom. The highest BCUT2D eigenvalue weighted by Crippen LogP contribution is 2.23. The number of primary amides is 1. The Morgan fingerprint density at radius 2 is 2.53 bits per heavy atom. The van der Waals surface area contributed by atoms with Crippen LogP contribution in [0.2, 0.25) is 0 Å². The fourth-order valence-corrected chi connectivity index (χ4v) is 2.65. The molecule has 0 bridgehead atoms. The SMILES string of the molecule is NC(=O)[C@@H]1C[C@@H](F)CN1Cc1cccs1. The Morgan fingerprint density at radius 3 is 3.13 bits per heavy atom. The van der Waals surface area contributed by atoms with Crippen LogP contribution in [0.4, 0.5) is 4.39 Å². The van der Waals surface area contributed by atoms with Crippen LogP contribution in [-0.2, 0) is 11.3 Å². The van der Waals surface area contributed by atoms with Crippen LogP contribution in [-0.4, -0.2) is 29.6 Å². The predicted octanol–water partition coefficient (Wildman–Crippen LogP) is 1.15. The molecule has 5 heteroatoms. The lowest BCUT2D eigenvalue weighted by Gasteiger charge is -2.20. The molecule has 82 valence electrons. The first kappa shape index (κ1) is 10.6. The number of halogens is 1. The van der Waals surface area contributed by atoms with Crippen LogP contribution in [0.25, 0.3) is 0 Å². The summed E-state index contributed by atoms with van der Waals surface area (Å²) in [6.45, 7) is 0.928. The molecule has 2 heterocycles. The van der Waals surface area contributed by atoms with Gasteiger partial charge in [0.25, 0.3) is 0 Å². The number of hydrogen-bond donors (Lipinski definition) is 1. The average molecular weight is 228 g/mol. The van der Waals surface area contributed by atoms with Gasteiger partial charge in [-0.05, 0) is 11.4 Å². The van der Waals surface area contributed by atoms with E-state index in [1.807, 2.05) is 22.4 Å². The molecule has 1 amide bonds. The van der Waals surface area contributed by atoms with E-state index >= 15 is 0 Å². The molecular formula is C10H13FN2OS. The molecular weight excluding hydrogens is 215 g/mol. The van der Waals surface area contributed by atoms with Crippen molar-refractivity contribution in [2.45, 2.75) is 25.2 Å². The maximum atomic E-state index is 13.2. The van der Waals surface area contributed by atoms with Gasteiger partial charge >= 0.3 is 0 Å². The third kappa shape index (κ3) is 2.35. The monoisotopic (exact) mass is 228 g/mol. The standard InChI is InChI=1S/C10H13FN2OS/c11-7-4-9(10(12)14)13(5-7)6-8-2-1-3-15-8/h1-3,7,9H,4-6H2,(H2,12,14)/t7-,9+/m1/s1. The number of rotatable bonds is 3. The molecule has 1 fully saturated rings. The maximum absolute atomic E-state index is 13.2. The maximum Gasteiger partial charge on any atom is 0.234 e. The van der Waals surface area contributed by atoms with Crippen molar-refractivity contribution in [1.29, 1.82) is 0 Å². The lowest BCUT2D eigenvalue weighted by molar-refractivity contribution is -0.122. The van der Waals surface area contributed by atoms with E-state index in [2.05, 4.69) is 0 Å². The Hall–Kier alpha value is -0.940. The zero-order chi connectivity index (χ0) is 10.8. The minimum absolute atomic E-state index is 0.237. The molecule has 1 aromatic heterocycles. The van der Waals surface area contributed by atoms with Crippen LogP contribution < -0.4 is 5.73 Å².